The van der Waals surface area contributed by atoms with Gasteiger partial charge in [-0.25, -0.2) is 0 Å². The van der Waals surface area contributed by atoms with Gasteiger partial charge in [-0.15, -0.1) is 0 Å². The summed E-state index contributed by atoms with van der Waals surface area (Å²) in [4.78, 5) is 0. The van der Waals surface area contributed by atoms with Gasteiger partial charge in [0.15, 0.2) is 0 Å². The third-order valence-electron chi connectivity index (χ3n) is 2.89. The van der Waals surface area contributed by atoms with E-state index in [9.17, 15) is 5.11 Å². The number of aryl methyl sites for hydroxylation is 1. The van der Waals surface area contributed by atoms with Crippen molar-refractivity contribution in [3.63, 3.8) is 0 Å². The van der Waals surface area contributed by atoms with Crippen LogP contribution in [-0.2, 0) is 0 Å². The number of nitrogen functional groups attached to an aromatic ring is 1. The molecule has 1 atom stereocenters. The molecule has 0 aliphatic carbocycles. The summed E-state index contributed by atoms with van der Waals surface area (Å²) < 4.78 is 12.0. The van der Waals surface area contributed by atoms with Crippen molar-refractivity contribution in [3.05, 3.63) is 52.5 Å². The van der Waals surface area contributed by atoms with Crippen molar-refractivity contribution in [2.75, 3.05) is 18.9 Å². The predicted molar refractivity (Wildman–Crippen MR) is 86.7 cm³/mol. The normalized spacial score (nSPS) is 12.0. The average molecular weight is 352 g/mol. The lowest BCUT2D eigenvalue weighted by Crippen LogP contribution is -2.25. The van der Waals surface area contributed by atoms with Gasteiger partial charge in [-0.2, -0.15) is 0 Å². The van der Waals surface area contributed by atoms with Gasteiger partial charge in [0.25, 0.3) is 0 Å². The smallest absolute Gasteiger partial charge is 0.122 e. The Morgan fingerprint density at radius 3 is 2.24 bits per heavy atom. The van der Waals surface area contributed by atoms with Gasteiger partial charge in [0.05, 0.1) is 0 Å². The first kappa shape index (κ1) is 15.7. The standard InChI is InChI=1S/C16H18BrNO3/c1-11-8-15(6-7-16(11)17)21-10-13(19)9-20-14-4-2-12(18)3-5-14/h2-8,13,19H,9-10,18H2,1H3. The van der Waals surface area contributed by atoms with Crippen LogP contribution in [0.2, 0.25) is 0 Å². The van der Waals surface area contributed by atoms with E-state index < -0.39 is 6.10 Å². The molecule has 0 fully saturated rings. The zero-order valence-corrected chi connectivity index (χ0v) is 13.3. The van der Waals surface area contributed by atoms with Crippen LogP contribution in [0.3, 0.4) is 0 Å². The van der Waals surface area contributed by atoms with Gasteiger partial charge in [0, 0.05) is 10.2 Å². The molecule has 0 spiro atoms. The van der Waals surface area contributed by atoms with E-state index in [1.165, 1.54) is 0 Å². The van der Waals surface area contributed by atoms with Crippen molar-refractivity contribution >= 4 is 21.6 Å². The summed E-state index contributed by atoms with van der Waals surface area (Å²) in [7, 11) is 0. The fourth-order valence-corrected chi connectivity index (χ4v) is 1.95. The first-order valence-electron chi connectivity index (χ1n) is 6.60. The third-order valence-corrected chi connectivity index (χ3v) is 3.78. The number of halogens is 1. The molecule has 0 amide bonds. The van der Waals surface area contributed by atoms with Crippen LogP contribution in [0.5, 0.6) is 11.5 Å². The number of rotatable bonds is 6. The highest BCUT2D eigenvalue weighted by Gasteiger charge is 2.07. The third kappa shape index (κ3) is 4.95. The molecule has 0 aliphatic heterocycles. The summed E-state index contributed by atoms with van der Waals surface area (Å²) in [6.07, 6.45) is -0.702. The molecule has 21 heavy (non-hydrogen) atoms. The Morgan fingerprint density at radius 1 is 1.05 bits per heavy atom. The lowest BCUT2D eigenvalue weighted by molar-refractivity contribution is 0.0626. The molecule has 1 unspecified atom stereocenters. The Labute approximate surface area is 132 Å². The highest BCUT2D eigenvalue weighted by atomic mass is 79.9. The summed E-state index contributed by atoms with van der Waals surface area (Å²) >= 11 is 3.43. The zero-order chi connectivity index (χ0) is 15.2. The Balaban J connectivity index is 1.77. The van der Waals surface area contributed by atoms with Gasteiger partial charge < -0.3 is 20.3 Å². The van der Waals surface area contributed by atoms with E-state index in [4.69, 9.17) is 15.2 Å². The van der Waals surface area contributed by atoms with Crippen LogP contribution in [0, 0.1) is 6.92 Å². The maximum absolute atomic E-state index is 9.87. The summed E-state index contributed by atoms with van der Waals surface area (Å²) in [5.41, 5.74) is 7.35. The summed E-state index contributed by atoms with van der Waals surface area (Å²) in [6, 6.07) is 12.7. The fourth-order valence-electron chi connectivity index (χ4n) is 1.70. The Kier molecular flexibility index (Phi) is 5.47. The van der Waals surface area contributed by atoms with E-state index in [1.54, 1.807) is 24.3 Å². The average Bonchev–Trinajstić information content (AvgIpc) is 2.48. The van der Waals surface area contributed by atoms with Crippen LogP contribution in [-0.4, -0.2) is 24.4 Å². The Morgan fingerprint density at radius 2 is 1.62 bits per heavy atom. The molecule has 2 aromatic rings. The minimum Gasteiger partial charge on any atom is -0.491 e. The van der Waals surface area contributed by atoms with E-state index in [0.29, 0.717) is 11.4 Å². The van der Waals surface area contributed by atoms with Gasteiger partial charge in [0.2, 0.25) is 0 Å². The SMILES string of the molecule is Cc1cc(OCC(O)COc2ccc(N)cc2)ccc1Br. The van der Waals surface area contributed by atoms with Crippen molar-refractivity contribution < 1.29 is 14.6 Å². The predicted octanol–water partition coefficient (Wildman–Crippen LogP) is 3.16. The molecule has 5 heteroatoms. The monoisotopic (exact) mass is 351 g/mol. The summed E-state index contributed by atoms with van der Waals surface area (Å²) in [5.74, 6) is 1.39. The van der Waals surface area contributed by atoms with Crippen LogP contribution in [0.1, 0.15) is 5.56 Å². The first-order valence-corrected chi connectivity index (χ1v) is 7.39. The van der Waals surface area contributed by atoms with Gasteiger partial charge in [-0.3, -0.25) is 0 Å². The lowest BCUT2D eigenvalue weighted by Gasteiger charge is -2.14. The first-order chi connectivity index (χ1) is 10.0. The quantitative estimate of drug-likeness (QED) is 0.784. The molecule has 0 heterocycles. The lowest BCUT2D eigenvalue weighted by atomic mass is 10.2. The zero-order valence-electron chi connectivity index (χ0n) is 11.8. The largest absolute Gasteiger partial charge is 0.491 e. The van der Waals surface area contributed by atoms with Crippen LogP contribution >= 0.6 is 15.9 Å². The number of hydrogen-bond acceptors (Lipinski definition) is 4. The fraction of sp³-hybridized carbons (Fsp3) is 0.250. The molecule has 3 N–H and O–H groups in total. The molecular formula is C16H18BrNO3. The van der Waals surface area contributed by atoms with Crippen LogP contribution < -0.4 is 15.2 Å². The maximum Gasteiger partial charge on any atom is 0.122 e. The van der Waals surface area contributed by atoms with Crippen molar-refractivity contribution in [2.24, 2.45) is 0 Å². The van der Waals surface area contributed by atoms with Crippen molar-refractivity contribution in [1.82, 2.24) is 0 Å². The van der Waals surface area contributed by atoms with E-state index in [0.717, 1.165) is 15.8 Å². The van der Waals surface area contributed by atoms with Crippen LogP contribution in [0.15, 0.2) is 46.9 Å². The van der Waals surface area contributed by atoms with Crippen LogP contribution in [0.4, 0.5) is 5.69 Å². The van der Waals surface area contributed by atoms with Crippen molar-refractivity contribution in [2.45, 2.75) is 13.0 Å². The second kappa shape index (κ2) is 7.33. The Hall–Kier alpha value is -1.72. The topological polar surface area (TPSA) is 64.7 Å². The van der Waals surface area contributed by atoms with Gasteiger partial charge in [0.1, 0.15) is 30.8 Å². The number of ether oxygens (including phenoxy) is 2. The maximum atomic E-state index is 9.87. The molecule has 4 nitrogen and oxygen atoms in total. The molecule has 0 aromatic heterocycles. The molecule has 0 aliphatic rings. The second-order valence-electron chi connectivity index (χ2n) is 4.76. The van der Waals surface area contributed by atoms with Crippen LogP contribution in [0.25, 0.3) is 0 Å². The van der Waals surface area contributed by atoms with Gasteiger partial charge in [-0.1, -0.05) is 15.9 Å². The molecule has 2 aromatic carbocycles. The number of benzene rings is 2. The van der Waals surface area contributed by atoms with Gasteiger partial charge >= 0.3 is 0 Å². The number of anilines is 1. The molecule has 2 rings (SSSR count). The molecule has 112 valence electrons. The van der Waals surface area contributed by atoms with E-state index >= 15 is 0 Å². The summed E-state index contributed by atoms with van der Waals surface area (Å²) in [5, 5.41) is 9.87. The highest BCUT2D eigenvalue weighted by molar-refractivity contribution is 9.10. The minimum absolute atomic E-state index is 0.166. The molecular weight excluding hydrogens is 334 g/mol. The number of hydrogen-bond donors (Lipinski definition) is 2. The van der Waals surface area contributed by atoms with E-state index in [1.807, 2.05) is 25.1 Å². The number of nitrogens with two attached hydrogens (primary N) is 1. The number of aliphatic hydroxyl groups excluding tert-OH is 1. The van der Waals surface area contributed by atoms with Gasteiger partial charge in [-0.05, 0) is 55.0 Å². The molecule has 0 saturated heterocycles. The van der Waals surface area contributed by atoms with Crippen molar-refractivity contribution in [3.8, 4) is 11.5 Å². The minimum atomic E-state index is -0.702. The molecule has 0 saturated carbocycles. The molecule has 0 bridgehead atoms. The second-order valence-corrected chi connectivity index (χ2v) is 5.61. The highest BCUT2D eigenvalue weighted by Crippen LogP contribution is 2.21. The van der Waals surface area contributed by atoms with Crippen molar-refractivity contribution in [1.29, 1.82) is 0 Å². The van der Waals surface area contributed by atoms with E-state index in [2.05, 4.69) is 15.9 Å². The molecule has 0 radical (unpaired) electrons. The Bertz CT molecular complexity index is 587. The van der Waals surface area contributed by atoms with E-state index in [-0.39, 0.29) is 13.2 Å². The number of aliphatic hydroxyl groups is 1. The summed E-state index contributed by atoms with van der Waals surface area (Å²) in [6.45, 7) is 2.33.